The molecule has 4 heteroatoms. The molecule has 1 aromatic heterocycles. The number of hydrogen-bond acceptors (Lipinski definition) is 3. The van der Waals surface area contributed by atoms with Crippen molar-refractivity contribution in [2.75, 3.05) is 0 Å². The van der Waals surface area contributed by atoms with Crippen molar-refractivity contribution < 1.29 is 9.52 Å². The van der Waals surface area contributed by atoms with Gasteiger partial charge >= 0.3 is 0 Å². The van der Waals surface area contributed by atoms with E-state index in [0.717, 1.165) is 0 Å². The van der Waals surface area contributed by atoms with Crippen molar-refractivity contribution in [3.05, 3.63) is 22.6 Å². The lowest BCUT2D eigenvalue weighted by atomic mass is 9.84. The molecule has 3 N–H and O–H groups in total. The van der Waals surface area contributed by atoms with Crippen LogP contribution in [0.3, 0.4) is 0 Å². The highest BCUT2D eigenvalue weighted by Gasteiger charge is 2.30. The van der Waals surface area contributed by atoms with Gasteiger partial charge in [0.15, 0.2) is 4.67 Å². The summed E-state index contributed by atoms with van der Waals surface area (Å²) >= 11 is 3.20. The Morgan fingerprint density at radius 3 is 2.36 bits per heavy atom. The largest absolute Gasteiger partial charge is 0.453 e. The summed E-state index contributed by atoms with van der Waals surface area (Å²) in [6, 6.07) is 3.05. The molecule has 0 saturated heterocycles. The Bertz CT molecular complexity index is 303. The number of aliphatic hydroxyl groups excluding tert-OH is 1. The van der Waals surface area contributed by atoms with Gasteiger partial charge in [0.05, 0.1) is 12.1 Å². The van der Waals surface area contributed by atoms with Crippen LogP contribution in [0.1, 0.15) is 32.6 Å². The van der Waals surface area contributed by atoms with Crippen LogP contribution in [0.25, 0.3) is 0 Å². The van der Waals surface area contributed by atoms with E-state index in [4.69, 9.17) is 10.2 Å². The average Bonchev–Trinajstić information content (AvgIpc) is 2.47. The van der Waals surface area contributed by atoms with E-state index in [0.29, 0.717) is 10.4 Å². The van der Waals surface area contributed by atoms with E-state index in [1.165, 1.54) is 0 Å². The first-order valence-electron chi connectivity index (χ1n) is 4.51. The van der Waals surface area contributed by atoms with E-state index < -0.39 is 12.1 Å². The third-order valence-electron chi connectivity index (χ3n) is 2.15. The standard InChI is InChI=1S/C10H16BrNO2/c1-10(2,3)9(13)8(12)6-4-5-7(11)14-6/h4-5,8-9,13H,12H2,1-3H3/t8-,9-/m1/s1. The van der Waals surface area contributed by atoms with Crippen LogP contribution in [-0.4, -0.2) is 11.2 Å². The smallest absolute Gasteiger partial charge is 0.169 e. The van der Waals surface area contributed by atoms with E-state index in [2.05, 4.69) is 15.9 Å². The molecule has 3 nitrogen and oxygen atoms in total. The molecule has 0 aromatic carbocycles. The van der Waals surface area contributed by atoms with Crippen LogP contribution in [0, 0.1) is 5.41 Å². The van der Waals surface area contributed by atoms with Crippen LogP contribution in [-0.2, 0) is 0 Å². The van der Waals surface area contributed by atoms with Gasteiger partial charge in [-0.15, -0.1) is 0 Å². The van der Waals surface area contributed by atoms with Crippen molar-refractivity contribution in [1.29, 1.82) is 0 Å². The van der Waals surface area contributed by atoms with Crippen LogP contribution in [0.15, 0.2) is 21.2 Å². The third kappa shape index (κ3) is 2.59. The Morgan fingerprint density at radius 2 is 2.00 bits per heavy atom. The van der Waals surface area contributed by atoms with Gasteiger partial charge in [-0.05, 0) is 33.5 Å². The summed E-state index contributed by atoms with van der Waals surface area (Å²) in [4.78, 5) is 0. The maximum atomic E-state index is 9.92. The Balaban J connectivity index is 2.80. The zero-order chi connectivity index (χ0) is 10.9. The van der Waals surface area contributed by atoms with Gasteiger partial charge in [0.25, 0.3) is 0 Å². The molecule has 0 amide bonds. The molecule has 0 unspecified atom stereocenters. The highest BCUT2D eigenvalue weighted by atomic mass is 79.9. The first-order valence-corrected chi connectivity index (χ1v) is 5.30. The predicted octanol–water partition coefficient (Wildman–Crippen LogP) is 2.45. The number of aliphatic hydroxyl groups is 1. The SMILES string of the molecule is CC(C)(C)[C@H](O)[C@H](N)c1ccc(Br)o1. The molecular formula is C10H16BrNO2. The summed E-state index contributed by atoms with van der Waals surface area (Å²) in [7, 11) is 0. The molecule has 14 heavy (non-hydrogen) atoms. The van der Waals surface area contributed by atoms with Gasteiger partial charge in [0.2, 0.25) is 0 Å². The van der Waals surface area contributed by atoms with Crippen molar-refractivity contribution in [1.82, 2.24) is 0 Å². The molecule has 0 bridgehead atoms. The second kappa shape index (κ2) is 4.04. The Hall–Kier alpha value is -0.320. The maximum Gasteiger partial charge on any atom is 0.169 e. The Kier molecular flexibility index (Phi) is 3.40. The molecule has 1 rings (SSSR count). The molecule has 0 radical (unpaired) electrons. The van der Waals surface area contributed by atoms with Gasteiger partial charge < -0.3 is 15.3 Å². The highest BCUT2D eigenvalue weighted by molar-refractivity contribution is 9.10. The fourth-order valence-corrected chi connectivity index (χ4v) is 1.52. The first-order chi connectivity index (χ1) is 6.32. The molecule has 0 aliphatic heterocycles. The van der Waals surface area contributed by atoms with Gasteiger partial charge in [0.1, 0.15) is 5.76 Å². The second-order valence-electron chi connectivity index (χ2n) is 4.48. The lowest BCUT2D eigenvalue weighted by Crippen LogP contribution is -2.36. The average molecular weight is 262 g/mol. The summed E-state index contributed by atoms with van der Waals surface area (Å²) < 4.78 is 5.92. The van der Waals surface area contributed by atoms with Gasteiger partial charge in [-0.1, -0.05) is 20.8 Å². The van der Waals surface area contributed by atoms with Crippen LogP contribution < -0.4 is 5.73 Å². The molecule has 0 aliphatic carbocycles. The second-order valence-corrected chi connectivity index (χ2v) is 5.26. The number of halogens is 1. The number of hydrogen-bond donors (Lipinski definition) is 2. The Labute approximate surface area is 92.4 Å². The molecule has 0 spiro atoms. The van der Waals surface area contributed by atoms with Gasteiger partial charge in [-0.2, -0.15) is 0 Å². The Morgan fingerprint density at radius 1 is 1.43 bits per heavy atom. The van der Waals surface area contributed by atoms with Crippen molar-refractivity contribution in [3.63, 3.8) is 0 Å². The lowest BCUT2D eigenvalue weighted by molar-refractivity contribution is 0.0339. The van der Waals surface area contributed by atoms with Crippen LogP contribution in [0.4, 0.5) is 0 Å². The van der Waals surface area contributed by atoms with E-state index in [-0.39, 0.29) is 5.41 Å². The van der Waals surface area contributed by atoms with Crippen LogP contribution in [0.5, 0.6) is 0 Å². The zero-order valence-corrected chi connectivity index (χ0v) is 10.2. The summed E-state index contributed by atoms with van der Waals surface area (Å²) in [6.45, 7) is 5.82. The topological polar surface area (TPSA) is 59.4 Å². The van der Waals surface area contributed by atoms with E-state index in [1.807, 2.05) is 20.8 Å². The van der Waals surface area contributed by atoms with E-state index >= 15 is 0 Å². The van der Waals surface area contributed by atoms with Crippen molar-refractivity contribution in [3.8, 4) is 0 Å². The molecule has 0 saturated carbocycles. The van der Waals surface area contributed by atoms with Crippen LogP contribution in [0.2, 0.25) is 0 Å². The fraction of sp³-hybridized carbons (Fsp3) is 0.600. The minimum Gasteiger partial charge on any atom is -0.453 e. The molecule has 0 fully saturated rings. The highest BCUT2D eigenvalue weighted by Crippen LogP contribution is 2.30. The number of furan rings is 1. The van der Waals surface area contributed by atoms with Crippen molar-refractivity contribution in [2.24, 2.45) is 11.1 Å². The summed E-state index contributed by atoms with van der Waals surface area (Å²) in [5.74, 6) is 0.597. The van der Waals surface area contributed by atoms with Gasteiger partial charge in [-0.25, -0.2) is 0 Å². The van der Waals surface area contributed by atoms with Crippen molar-refractivity contribution >= 4 is 15.9 Å². The summed E-state index contributed by atoms with van der Waals surface area (Å²) in [5, 5.41) is 9.92. The molecule has 2 atom stereocenters. The predicted molar refractivity (Wildman–Crippen MR) is 58.8 cm³/mol. The molecule has 80 valence electrons. The number of rotatable bonds is 2. The maximum absolute atomic E-state index is 9.92. The monoisotopic (exact) mass is 261 g/mol. The lowest BCUT2D eigenvalue weighted by Gasteiger charge is -2.29. The van der Waals surface area contributed by atoms with Crippen LogP contribution >= 0.6 is 15.9 Å². The molecule has 1 heterocycles. The summed E-state index contributed by atoms with van der Waals surface area (Å²) in [5.41, 5.74) is 5.62. The van der Waals surface area contributed by atoms with E-state index in [1.54, 1.807) is 12.1 Å². The van der Waals surface area contributed by atoms with E-state index in [9.17, 15) is 5.11 Å². The first kappa shape index (κ1) is 11.8. The molecule has 1 aromatic rings. The minimum absolute atomic E-state index is 0.251. The molecule has 0 aliphatic rings. The molecular weight excluding hydrogens is 246 g/mol. The quantitative estimate of drug-likeness (QED) is 0.860. The minimum atomic E-state index is -0.624. The zero-order valence-electron chi connectivity index (χ0n) is 8.62. The summed E-state index contributed by atoms with van der Waals surface area (Å²) in [6.07, 6.45) is -0.624. The fourth-order valence-electron chi connectivity index (χ4n) is 1.20. The number of nitrogens with two attached hydrogens (primary N) is 1. The third-order valence-corrected chi connectivity index (χ3v) is 2.58. The van der Waals surface area contributed by atoms with Crippen molar-refractivity contribution in [2.45, 2.75) is 32.9 Å². The van der Waals surface area contributed by atoms with Gasteiger partial charge in [0, 0.05) is 0 Å². The normalized spacial score (nSPS) is 16.7. The van der Waals surface area contributed by atoms with Gasteiger partial charge in [-0.3, -0.25) is 0 Å².